The van der Waals surface area contributed by atoms with E-state index in [2.05, 4.69) is 15.6 Å². The average molecular weight is 485 g/mol. The largest absolute Gasteiger partial charge is 0.495 e. The van der Waals surface area contributed by atoms with Crippen LogP contribution in [0, 0.1) is 11.7 Å². The number of hydrogen-bond acceptors (Lipinski definition) is 7. The molecule has 9 nitrogen and oxygen atoms in total. The molecule has 1 saturated heterocycles. The number of hydrogen-bond donors (Lipinski definition) is 2. The lowest BCUT2D eigenvalue weighted by molar-refractivity contribution is -0.124. The summed E-state index contributed by atoms with van der Waals surface area (Å²) in [6, 6.07) is 6.12. The number of carbonyl (C=O) groups is 3. The molecule has 2 aromatic rings. The lowest BCUT2D eigenvalue weighted by Crippen LogP contribution is -2.50. The Morgan fingerprint density at radius 2 is 1.91 bits per heavy atom. The van der Waals surface area contributed by atoms with Gasteiger partial charge >= 0.3 is 5.97 Å². The van der Waals surface area contributed by atoms with Gasteiger partial charge in [0.15, 0.2) is 0 Å². The molecule has 2 heterocycles. The maximum absolute atomic E-state index is 14.3. The lowest BCUT2D eigenvalue weighted by atomic mass is 9.95. The highest BCUT2D eigenvalue weighted by Gasteiger charge is 2.51. The molecule has 1 aliphatic heterocycles. The number of pyridine rings is 1. The number of aromatic nitrogens is 1. The van der Waals surface area contributed by atoms with Crippen molar-refractivity contribution in [3.05, 3.63) is 53.6 Å². The van der Waals surface area contributed by atoms with Gasteiger partial charge in [-0.05, 0) is 49.8 Å². The van der Waals surface area contributed by atoms with Gasteiger partial charge in [0.25, 0.3) is 5.91 Å². The molecule has 1 aromatic heterocycles. The highest BCUT2D eigenvalue weighted by Crippen LogP contribution is 2.36. The van der Waals surface area contributed by atoms with E-state index < -0.39 is 17.3 Å². The van der Waals surface area contributed by atoms with Gasteiger partial charge in [0.2, 0.25) is 5.91 Å². The van der Waals surface area contributed by atoms with Crippen LogP contribution >= 0.6 is 0 Å². The number of esters is 1. The highest BCUT2D eigenvalue weighted by molar-refractivity contribution is 6.00. The minimum absolute atomic E-state index is 0.0561. The molecule has 1 saturated carbocycles. The van der Waals surface area contributed by atoms with Crippen LogP contribution in [-0.4, -0.2) is 62.2 Å². The van der Waals surface area contributed by atoms with Crippen molar-refractivity contribution < 1.29 is 28.2 Å². The van der Waals surface area contributed by atoms with Crippen LogP contribution < -0.4 is 20.3 Å². The van der Waals surface area contributed by atoms with Crippen molar-refractivity contribution in [2.75, 3.05) is 38.8 Å². The van der Waals surface area contributed by atoms with E-state index in [-0.39, 0.29) is 23.3 Å². The smallest absolute Gasteiger partial charge is 0.342 e. The standard InChI is InChI=1S/C25H29FN4O5/c1-34-18-12-17(14-27-15-18)22(31)29-25(8-9-25)24(33)28-13-16-6-10-30(11-7-16)20-5-3-4-19(26)21(20)23(32)35-2/h3-5,12,14-16H,6-11,13H2,1-2H3,(H,28,33)(H,29,31). The van der Waals surface area contributed by atoms with E-state index in [4.69, 9.17) is 9.47 Å². The molecule has 0 radical (unpaired) electrons. The molecule has 1 aromatic carbocycles. The van der Waals surface area contributed by atoms with Gasteiger partial charge in [-0.15, -0.1) is 0 Å². The lowest BCUT2D eigenvalue weighted by Gasteiger charge is -2.34. The first-order valence-corrected chi connectivity index (χ1v) is 11.6. The molecule has 10 heteroatoms. The summed E-state index contributed by atoms with van der Waals surface area (Å²) < 4.78 is 24.1. The van der Waals surface area contributed by atoms with E-state index in [1.54, 1.807) is 18.2 Å². The second-order valence-electron chi connectivity index (χ2n) is 8.92. The van der Waals surface area contributed by atoms with Crippen LogP contribution in [0.3, 0.4) is 0 Å². The Balaban J connectivity index is 1.29. The second-order valence-corrected chi connectivity index (χ2v) is 8.92. The molecule has 0 bridgehead atoms. The molecule has 0 atom stereocenters. The van der Waals surface area contributed by atoms with Crippen molar-refractivity contribution in [2.45, 2.75) is 31.2 Å². The van der Waals surface area contributed by atoms with Gasteiger partial charge in [0.05, 0.1) is 31.7 Å². The number of carbonyl (C=O) groups excluding carboxylic acids is 3. The summed E-state index contributed by atoms with van der Waals surface area (Å²) in [5, 5.41) is 5.83. The van der Waals surface area contributed by atoms with E-state index in [0.717, 1.165) is 12.8 Å². The zero-order chi connectivity index (χ0) is 25.0. The number of benzene rings is 1. The molecule has 186 valence electrons. The molecule has 0 spiro atoms. The van der Waals surface area contributed by atoms with Crippen molar-refractivity contribution in [1.82, 2.24) is 15.6 Å². The number of ether oxygens (including phenoxy) is 2. The Morgan fingerprint density at radius 1 is 1.17 bits per heavy atom. The van der Waals surface area contributed by atoms with Crippen LogP contribution in [0.15, 0.2) is 36.7 Å². The highest BCUT2D eigenvalue weighted by atomic mass is 19.1. The van der Waals surface area contributed by atoms with Crippen molar-refractivity contribution in [1.29, 1.82) is 0 Å². The predicted octanol–water partition coefficient (Wildman–Crippen LogP) is 2.31. The molecule has 35 heavy (non-hydrogen) atoms. The topological polar surface area (TPSA) is 110 Å². The van der Waals surface area contributed by atoms with Crippen molar-refractivity contribution in [3.63, 3.8) is 0 Å². The summed E-state index contributed by atoms with van der Waals surface area (Å²) in [4.78, 5) is 43.5. The van der Waals surface area contributed by atoms with Gasteiger partial charge in [-0.25, -0.2) is 9.18 Å². The Hall–Kier alpha value is -3.69. The molecule has 0 unspecified atom stereocenters. The number of methoxy groups -OCH3 is 2. The first kappa shape index (κ1) is 24.4. The Bertz CT molecular complexity index is 1110. The molecule has 2 N–H and O–H groups in total. The van der Waals surface area contributed by atoms with Crippen LogP contribution in [0.5, 0.6) is 5.75 Å². The fourth-order valence-corrected chi connectivity index (χ4v) is 4.34. The summed E-state index contributed by atoms with van der Waals surface area (Å²) >= 11 is 0. The van der Waals surface area contributed by atoms with E-state index in [1.807, 2.05) is 4.90 Å². The van der Waals surface area contributed by atoms with E-state index in [1.165, 1.54) is 32.7 Å². The van der Waals surface area contributed by atoms with Gasteiger partial charge in [0, 0.05) is 25.8 Å². The molecular weight excluding hydrogens is 455 g/mol. The van der Waals surface area contributed by atoms with Crippen LogP contribution in [0.1, 0.15) is 46.4 Å². The summed E-state index contributed by atoms with van der Waals surface area (Å²) in [5.41, 5.74) is -0.0948. The molecule has 2 amide bonds. The van der Waals surface area contributed by atoms with E-state index in [0.29, 0.717) is 49.5 Å². The summed E-state index contributed by atoms with van der Waals surface area (Å²) in [6.45, 7) is 1.73. The van der Waals surface area contributed by atoms with Gasteiger partial charge in [-0.3, -0.25) is 14.6 Å². The zero-order valence-electron chi connectivity index (χ0n) is 19.8. The van der Waals surface area contributed by atoms with Gasteiger partial charge < -0.3 is 25.0 Å². The monoisotopic (exact) mass is 484 g/mol. The molecular formula is C25H29FN4O5. The third-order valence-electron chi connectivity index (χ3n) is 6.64. The van der Waals surface area contributed by atoms with E-state index in [9.17, 15) is 18.8 Å². The molecule has 1 aliphatic carbocycles. The number of piperidine rings is 1. The van der Waals surface area contributed by atoms with Crippen molar-refractivity contribution in [2.24, 2.45) is 5.92 Å². The van der Waals surface area contributed by atoms with Gasteiger partial charge in [-0.1, -0.05) is 6.07 Å². The SMILES string of the molecule is COC(=O)c1c(F)cccc1N1CCC(CNC(=O)C2(NC(=O)c3cncc(OC)c3)CC2)CC1. The summed E-state index contributed by atoms with van der Waals surface area (Å²) in [5.74, 6) is -1.16. The number of amides is 2. The molecule has 4 rings (SSSR count). The Kier molecular flexibility index (Phi) is 7.18. The normalized spacial score (nSPS) is 16.8. The number of rotatable bonds is 8. The Morgan fingerprint density at radius 3 is 2.57 bits per heavy atom. The summed E-state index contributed by atoms with van der Waals surface area (Å²) in [6.07, 6.45) is 5.64. The molecule has 2 fully saturated rings. The van der Waals surface area contributed by atoms with Crippen LogP contribution in [0.2, 0.25) is 0 Å². The van der Waals surface area contributed by atoms with Crippen LogP contribution in [-0.2, 0) is 9.53 Å². The Labute approximate surface area is 203 Å². The first-order valence-electron chi connectivity index (χ1n) is 11.6. The first-order chi connectivity index (χ1) is 16.9. The fraction of sp³-hybridized carbons (Fsp3) is 0.440. The molecule has 2 aliphatic rings. The zero-order valence-corrected chi connectivity index (χ0v) is 19.8. The number of nitrogens with zero attached hydrogens (tertiary/aromatic N) is 2. The minimum Gasteiger partial charge on any atom is -0.495 e. The summed E-state index contributed by atoms with van der Waals surface area (Å²) in [7, 11) is 2.73. The quantitative estimate of drug-likeness (QED) is 0.554. The van der Waals surface area contributed by atoms with Crippen molar-refractivity contribution >= 4 is 23.5 Å². The van der Waals surface area contributed by atoms with E-state index >= 15 is 0 Å². The van der Waals surface area contributed by atoms with Crippen LogP contribution in [0.4, 0.5) is 10.1 Å². The van der Waals surface area contributed by atoms with Gasteiger partial charge in [-0.2, -0.15) is 0 Å². The average Bonchev–Trinajstić information content (AvgIpc) is 3.67. The maximum atomic E-state index is 14.3. The third-order valence-corrected chi connectivity index (χ3v) is 6.64. The van der Waals surface area contributed by atoms with Crippen molar-refractivity contribution in [3.8, 4) is 5.75 Å². The number of nitrogens with one attached hydrogen (secondary N) is 2. The maximum Gasteiger partial charge on any atom is 0.342 e. The van der Waals surface area contributed by atoms with Crippen LogP contribution in [0.25, 0.3) is 0 Å². The number of anilines is 1. The number of halogens is 1. The minimum atomic E-state index is -0.891. The second kappa shape index (κ2) is 10.3. The van der Waals surface area contributed by atoms with Gasteiger partial charge in [0.1, 0.15) is 22.7 Å². The predicted molar refractivity (Wildman–Crippen MR) is 126 cm³/mol. The third kappa shape index (κ3) is 5.36. The fourth-order valence-electron chi connectivity index (χ4n) is 4.34.